The largest absolute Gasteiger partial charge is 0.493 e. The number of carbonyl (C=O) groups excluding carboxylic acids is 1. The number of rotatable bonds is 5. The summed E-state index contributed by atoms with van der Waals surface area (Å²) in [6.07, 6.45) is 5.68. The molecule has 0 fully saturated rings. The van der Waals surface area contributed by atoms with E-state index in [9.17, 15) is 4.79 Å². The lowest BCUT2D eigenvalue weighted by Gasteiger charge is -2.24. The number of fused-ring (bicyclic) bond motifs is 1. The number of carbonyl (C=O) groups is 1. The summed E-state index contributed by atoms with van der Waals surface area (Å²) in [5.74, 6) is 3.65. The Morgan fingerprint density at radius 1 is 1.21 bits per heavy atom. The van der Waals surface area contributed by atoms with Crippen LogP contribution in [0.25, 0.3) is 11.1 Å². The number of methoxy groups -OCH3 is 1. The SMILES string of the molecule is C#CCOc1ccc(C2CC(=O)Nc3c(-c4ccc(C)cc4)csc32)cc1OC. The smallest absolute Gasteiger partial charge is 0.225 e. The monoisotopic (exact) mass is 403 g/mol. The summed E-state index contributed by atoms with van der Waals surface area (Å²) in [7, 11) is 1.60. The molecular weight excluding hydrogens is 382 g/mol. The Labute approximate surface area is 174 Å². The van der Waals surface area contributed by atoms with Crippen LogP contribution in [0.5, 0.6) is 11.5 Å². The number of amides is 1. The minimum absolute atomic E-state index is 0.0147. The predicted molar refractivity (Wildman–Crippen MR) is 117 cm³/mol. The fourth-order valence-corrected chi connectivity index (χ4v) is 4.74. The number of ether oxygens (including phenoxy) is 2. The minimum atomic E-state index is -0.0291. The van der Waals surface area contributed by atoms with Crippen molar-refractivity contribution in [3.63, 3.8) is 0 Å². The second-order valence-corrected chi connectivity index (χ2v) is 7.87. The van der Waals surface area contributed by atoms with Gasteiger partial charge in [-0.3, -0.25) is 4.79 Å². The minimum Gasteiger partial charge on any atom is -0.493 e. The van der Waals surface area contributed by atoms with E-state index in [-0.39, 0.29) is 18.4 Å². The van der Waals surface area contributed by atoms with E-state index in [0.29, 0.717) is 17.9 Å². The molecular formula is C24H21NO3S. The topological polar surface area (TPSA) is 47.6 Å². The molecule has 0 radical (unpaired) electrons. The maximum atomic E-state index is 12.5. The molecule has 3 aromatic rings. The number of anilines is 1. The van der Waals surface area contributed by atoms with Crippen molar-refractivity contribution in [3.8, 4) is 35.0 Å². The number of hydrogen-bond acceptors (Lipinski definition) is 4. The van der Waals surface area contributed by atoms with Crippen molar-refractivity contribution in [1.29, 1.82) is 0 Å². The van der Waals surface area contributed by atoms with Gasteiger partial charge in [0.1, 0.15) is 6.61 Å². The second-order valence-electron chi connectivity index (χ2n) is 6.96. The third-order valence-corrected chi connectivity index (χ3v) is 6.15. The van der Waals surface area contributed by atoms with Crippen molar-refractivity contribution in [2.75, 3.05) is 19.0 Å². The van der Waals surface area contributed by atoms with Crippen LogP contribution < -0.4 is 14.8 Å². The molecule has 1 unspecified atom stereocenters. The van der Waals surface area contributed by atoms with Gasteiger partial charge in [-0.15, -0.1) is 17.8 Å². The Balaban J connectivity index is 1.73. The lowest BCUT2D eigenvalue weighted by atomic mass is 9.89. The Morgan fingerprint density at radius 3 is 2.72 bits per heavy atom. The summed E-state index contributed by atoms with van der Waals surface area (Å²) < 4.78 is 11.0. The van der Waals surface area contributed by atoms with E-state index >= 15 is 0 Å². The summed E-state index contributed by atoms with van der Waals surface area (Å²) in [6.45, 7) is 2.24. The molecule has 4 rings (SSSR count). The fourth-order valence-electron chi connectivity index (χ4n) is 3.58. The lowest BCUT2D eigenvalue weighted by Crippen LogP contribution is -2.22. The van der Waals surface area contributed by atoms with Crippen LogP contribution in [0.15, 0.2) is 47.8 Å². The molecule has 5 heteroatoms. The van der Waals surface area contributed by atoms with Crippen molar-refractivity contribution in [2.24, 2.45) is 0 Å². The Kier molecular flexibility index (Phi) is 5.28. The van der Waals surface area contributed by atoms with Crippen molar-refractivity contribution in [3.05, 3.63) is 63.8 Å². The predicted octanol–water partition coefficient (Wildman–Crippen LogP) is 5.22. The molecule has 0 saturated carbocycles. The van der Waals surface area contributed by atoms with Gasteiger partial charge in [0.25, 0.3) is 0 Å². The summed E-state index contributed by atoms with van der Waals surface area (Å²) in [6, 6.07) is 14.1. The zero-order valence-corrected chi connectivity index (χ0v) is 17.1. The van der Waals surface area contributed by atoms with Crippen LogP contribution in [0.1, 0.15) is 28.3 Å². The summed E-state index contributed by atoms with van der Waals surface area (Å²) >= 11 is 1.67. The summed E-state index contributed by atoms with van der Waals surface area (Å²) in [5.41, 5.74) is 5.29. The quantitative estimate of drug-likeness (QED) is 0.594. The number of benzene rings is 2. The molecule has 1 aliphatic heterocycles. The standard InChI is InChI=1S/C24H21NO3S/c1-4-11-28-20-10-9-17(12-21(20)27-3)18-13-22(26)25-23-19(14-29-24(18)23)16-7-5-15(2)6-8-16/h1,5-10,12,14,18H,11,13H2,2-3H3,(H,25,26). The van der Waals surface area contributed by atoms with E-state index in [1.807, 2.05) is 18.2 Å². The van der Waals surface area contributed by atoms with Crippen LogP contribution in [-0.2, 0) is 4.79 Å². The Hall–Kier alpha value is -3.23. The summed E-state index contributed by atoms with van der Waals surface area (Å²) in [5, 5.41) is 5.20. The van der Waals surface area contributed by atoms with E-state index in [0.717, 1.165) is 27.3 Å². The highest BCUT2D eigenvalue weighted by atomic mass is 32.1. The highest BCUT2D eigenvalue weighted by molar-refractivity contribution is 7.11. The molecule has 1 aliphatic rings. The van der Waals surface area contributed by atoms with E-state index in [4.69, 9.17) is 15.9 Å². The molecule has 0 bridgehead atoms. The zero-order chi connectivity index (χ0) is 20.4. The number of hydrogen-bond donors (Lipinski definition) is 1. The first-order valence-corrected chi connectivity index (χ1v) is 10.2. The van der Waals surface area contributed by atoms with Crippen molar-refractivity contribution < 1.29 is 14.3 Å². The van der Waals surface area contributed by atoms with Crippen LogP contribution in [0.4, 0.5) is 5.69 Å². The molecule has 146 valence electrons. The molecule has 1 N–H and O–H groups in total. The highest BCUT2D eigenvalue weighted by Crippen LogP contribution is 2.47. The van der Waals surface area contributed by atoms with Gasteiger partial charge < -0.3 is 14.8 Å². The van der Waals surface area contributed by atoms with Crippen LogP contribution in [0.2, 0.25) is 0 Å². The van der Waals surface area contributed by atoms with E-state index < -0.39 is 0 Å². The second kappa shape index (κ2) is 8.02. The molecule has 2 heterocycles. The molecule has 2 aromatic carbocycles. The maximum absolute atomic E-state index is 12.5. The van der Waals surface area contributed by atoms with Crippen LogP contribution in [-0.4, -0.2) is 19.6 Å². The number of thiophene rings is 1. The number of nitrogens with one attached hydrogen (secondary N) is 1. The first kappa shape index (κ1) is 19.1. The van der Waals surface area contributed by atoms with Gasteiger partial charge >= 0.3 is 0 Å². The molecule has 1 amide bonds. The molecule has 0 saturated heterocycles. The average molecular weight is 404 g/mol. The molecule has 0 aliphatic carbocycles. The average Bonchev–Trinajstić information content (AvgIpc) is 3.15. The Bertz CT molecular complexity index is 1090. The van der Waals surface area contributed by atoms with Gasteiger partial charge in [-0.1, -0.05) is 41.8 Å². The Morgan fingerprint density at radius 2 is 2.00 bits per heavy atom. The van der Waals surface area contributed by atoms with Crippen LogP contribution in [0.3, 0.4) is 0 Å². The zero-order valence-electron chi connectivity index (χ0n) is 16.3. The molecule has 0 spiro atoms. The third-order valence-electron chi connectivity index (χ3n) is 5.05. The lowest BCUT2D eigenvalue weighted by molar-refractivity contribution is -0.116. The van der Waals surface area contributed by atoms with E-state index in [1.165, 1.54) is 5.56 Å². The van der Waals surface area contributed by atoms with E-state index in [1.54, 1.807) is 18.4 Å². The van der Waals surface area contributed by atoms with Gasteiger partial charge in [0.2, 0.25) is 5.91 Å². The van der Waals surface area contributed by atoms with Gasteiger partial charge in [-0.2, -0.15) is 0 Å². The van der Waals surface area contributed by atoms with Gasteiger partial charge in [0.15, 0.2) is 11.5 Å². The molecule has 1 atom stereocenters. The van der Waals surface area contributed by atoms with Gasteiger partial charge in [0.05, 0.1) is 12.8 Å². The highest BCUT2D eigenvalue weighted by Gasteiger charge is 2.31. The van der Waals surface area contributed by atoms with Gasteiger partial charge in [0, 0.05) is 28.2 Å². The normalized spacial score (nSPS) is 15.2. The van der Waals surface area contributed by atoms with Crippen LogP contribution in [0, 0.1) is 19.3 Å². The third kappa shape index (κ3) is 3.72. The summed E-state index contributed by atoms with van der Waals surface area (Å²) in [4.78, 5) is 13.7. The van der Waals surface area contributed by atoms with Crippen molar-refractivity contribution in [1.82, 2.24) is 0 Å². The maximum Gasteiger partial charge on any atom is 0.225 e. The number of terminal acetylenes is 1. The molecule has 1 aromatic heterocycles. The molecule has 29 heavy (non-hydrogen) atoms. The van der Waals surface area contributed by atoms with Crippen molar-refractivity contribution in [2.45, 2.75) is 19.3 Å². The first-order chi connectivity index (χ1) is 14.1. The van der Waals surface area contributed by atoms with Gasteiger partial charge in [-0.25, -0.2) is 0 Å². The fraction of sp³-hybridized carbons (Fsp3) is 0.208. The van der Waals surface area contributed by atoms with Crippen LogP contribution >= 0.6 is 11.3 Å². The molecule has 4 nitrogen and oxygen atoms in total. The van der Waals surface area contributed by atoms with Gasteiger partial charge in [-0.05, 0) is 30.2 Å². The van der Waals surface area contributed by atoms with Crippen molar-refractivity contribution >= 4 is 22.9 Å². The first-order valence-electron chi connectivity index (χ1n) is 9.33. The number of aryl methyl sites for hydroxylation is 1. The van der Waals surface area contributed by atoms with E-state index in [2.05, 4.69) is 47.8 Å².